The lowest BCUT2D eigenvalue weighted by molar-refractivity contribution is -0.157. The first-order valence-corrected chi connectivity index (χ1v) is 15.7. The molecule has 2 amide bonds. The van der Waals surface area contributed by atoms with Crippen molar-refractivity contribution in [3.63, 3.8) is 0 Å². The molecular formula is C38H39N3O4. The predicted octanol–water partition coefficient (Wildman–Crippen LogP) is 5.15. The summed E-state index contributed by atoms with van der Waals surface area (Å²) in [5, 5.41) is 3.04. The molecule has 0 aromatic heterocycles. The summed E-state index contributed by atoms with van der Waals surface area (Å²) in [6.45, 7) is 4.88. The number of carbonyl (C=O) groups excluding carboxylic acids is 3. The Labute approximate surface area is 264 Å². The maximum atomic E-state index is 13.8. The molecule has 0 saturated carbocycles. The van der Waals surface area contributed by atoms with Crippen molar-refractivity contribution in [1.82, 2.24) is 15.1 Å². The van der Waals surface area contributed by atoms with E-state index in [1.807, 2.05) is 98.8 Å². The maximum Gasteiger partial charge on any atom is 0.329 e. The third-order valence-corrected chi connectivity index (χ3v) is 8.91. The van der Waals surface area contributed by atoms with E-state index in [2.05, 4.69) is 46.6 Å². The van der Waals surface area contributed by atoms with E-state index in [1.165, 1.54) is 0 Å². The number of nitrogens with one attached hydrogen (secondary N) is 1. The molecule has 45 heavy (non-hydrogen) atoms. The largest absolute Gasteiger partial charge is 0.459 e. The van der Waals surface area contributed by atoms with Gasteiger partial charge in [0.1, 0.15) is 24.7 Å². The van der Waals surface area contributed by atoms with E-state index in [9.17, 15) is 14.4 Å². The van der Waals surface area contributed by atoms with Gasteiger partial charge in [-0.2, -0.15) is 0 Å². The second-order valence-corrected chi connectivity index (χ2v) is 12.1. The molecular weight excluding hydrogens is 562 g/mol. The molecule has 2 saturated heterocycles. The maximum absolute atomic E-state index is 13.8. The number of ether oxygens (including phenoxy) is 1. The van der Waals surface area contributed by atoms with Crippen molar-refractivity contribution < 1.29 is 19.1 Å². The van der Waals surface area contributed by atoms with Gasteiger partial charge in [0.15, 0.2) is 0 Å². The second-order valence-electron chi connectivity index (χ2n) is 12.1. The quantitative estimate of drug-likeness (QED) is 0.146. The van der Waals surface area contributed by atoms with Crippen LogP contribution in [0.3, 0.4) is 0 Å². The van der Waals surface area contributed by atoms with Crippen molar-refractivity contribution in [2.24, 2.45) is 5.92 Å². The first kappa shape index (κ1) is 30.3. The topological polar surface area (TPSA) is 78.7 Å². The Morgan fingerprint density at radius 3 is 1.78 bits per heavy atom. The van der Waals surface area contributed by atoms with Crippen LogP contribution in [0, 0.1) is 5.92 Å². The first-order chi connectivity index (χ1) is 21.9. The van der Waals surface area contributed by atoms with E-state index < -0.39 is 29.6 Å². The fourth-order valence-electron chi connectivity index (χ4n) is 6.72. The zero-order valence-corrected chi connectivity index (χ0v) is 25.7. The van der Waals surface area contributed by atoms with Crippen LogP contribution >= 0.6 is 0 Å². The molecule has 4 atom stereocenters. The van der Waals surface area contributed by atoms with Gasteiger partial charge in [0.2, 0.25) is 11.8 Å². The van der Waals surface area contributed by atoms with Crippen molar-refractivity contribution >= 4 is 17.8 Å². The Balaban J connectivity index is 1.20. The zero-order chi connectivity index (χ0) is 31.4. The van der Waals surface area contributed by atoms with Gasteiger partial charge in [-0.05, 0) is 34.6 Å². The minimum Gasteiger partial charge on any atom is -0.459 e. The molecule has 0 spiro atoms. The summed E-state index contributed by atoms with van der Waals surface area (Å²) in [5.41, 5.74) is 3.39. The van der Waals surface area contributed by atoms with Crippen molar-refractivity contribution in [1.29, 1.82) is 0 Å². The van der Waals surface area contributed by atoms with Crippen LogP contribution in [0.4, 0.5) is 0 Å². The Morgan fingerprint density at radius 2 is 1.29 bits per heavy atom. The molecule has 7 heteroatoms. The van der Waals surface area contributed by atoms with Crippen molar-refractivity contribution in [2.75, 3.05) is 13.1 Å². The SMILES string of the molecule is CC(C)C(C(=O)OCc1ccccc1)N1CCC(NC(=O)C2C[N@@]2C(c2ccccc2)(c2ccccc2)c2ccccc2)C1=O. The van der Waals surface area contributed by atoms with Crippen molar-refractivity contribution in [3.8, 4) is 0 Å². The fraction of sp³-hybridized carbons (Fsp3) is 0.289. The van der Waals surface area contributed by atoms with Gasteiger partial charge in [0.05, 0.1) is 5.54 Å². The Hall–Kier alpha value is -4.75. The van der Waals surface area contributed by atoms with Gasteiger partial charge >= 0.3 is 5.97 Å². The van der Waals surface area contributed by atoms with Crippen LogP contribution in [0.2, 0.25) is 0 Å². The monoisotopic (exact) mass is 601 g/mol. The number of benzene rings is 4. The van der Waals surface area contributed by atoms with Crippen LogP contribution in [-0.2, 0) is 31.3 Å². The molecule has 1 N–H and O–H groups in total. The average molecular weight is 602 g/mol. The highest BCUT2D eigenvalue weighted by atomic mass is 16.5. The smallest absolute Gasteiger partial charge is 0.329 e. The summed E-state index contributed by atoms with van der Waals surface area (Å²) in [6.07, 6.45) is 0.438. The molecule has 2 aliphatic rings. The molecule has 2 fully saturated rings. The second kappa shape index (κ2) is 13.1. The number of hydrogen-bond acceptors (Lipinski definition) is 5. The Kier molecular flexibility index (Phi) is 8.80. The molecule has 2 heterocycles. The summed E-state index contributed by atoms with van der Waals surface area (Å²) in [6, 6.07) is 38.4. The summed E-state index contributed by atoms with van der Waals surface area (Å²) in [5.74, 6) is -1.00. The number of esters is 1. The Bertz CT molecular complexity index is 1520. The first-order valence-electron chi connectivity index (χ1n) is 15.7. The van der Waals surface area contributed by atoms with Crippen LogP contribution < -0.4 is 5.32 Å². The van der Waals surface area contributed by atoms with Gasteiger partial charge < -0.3 is 15.0 Å². The molecule has 0 bridgehead atoms. The van der Waals surface area contributed by atoms with Crippen LogP contribution in [0.1, 0.15) is 42.5 Å². The Morgan fingerprint density at radius 1 is 0.800 bits per heavy atom. The number of rotatable bonds is 11. The highest BCUT2D eigenvalue weighted by Crippen LogP contribution is 2.48. The molecule has 0 aliphatic carbocycles. The lowest BCUT2D eigenvalue weighted by Crippen LogP contribution is -2.51. The molecule has 4 aromatic rings. The third-order valence-electron chi connectivity index (χ3n) is 8.91. The van der Waals surface area contributed by atoms with Gasteiger partial charge in [-0.15, -0.1) is 0 Å². The summed E-state index contributed by atoms with van der Waals surface area (Å²) in [7, 11) is 0. The third kappa shape index (κ3) is 6.00. The van der Waals surface area contributed by atoms with E-state index >= 15 is 0 Å². The minimum atomic E-state index is -0.720. The summed E-state index contributed by atoms with van der Waals surface area (Å²) < 4.78 is 5.63. The number of carbonyl (C=O) groups is 3. The minimum absolute atomic E-state index is 0.145. The van der Waals surface area contributed by atoms with E-state index in [4.69, 9.17) is 4.74 Å². The highest BCUT2D eigenvalue weighted by molar-refractivity contribution is 5.94. The molecule has 0 radical (unpaired) electrons. The van der Waals surface area contributed by atoms with E-state index in [-0.39, 0.29) is 24.3 Å². The van der Waals surface area contributed by atoms with Crippen LogP contribution in [0.5, 0.6) is 0 Å². The number of nitrogens with zero attached hydrogens (tertiary/aromatic N) is 2. The van der Waals surface area contributed by atoms with Gasteiger partial charge in [0.25, 0.3) is 0 Å². The van der Waals surface area contributed by atoms with E-state index in [1.54, 1.807) is 4.90 Å². The number of amides is 2. The van der Waals surface area contributed by atoms with Gasteiger partial charge in [-0.3, -0.25) is 14.5 Å². The summed E-state index contributed by atoms with van der Waals surface area (Å²) in [4.78, 5) is 44.5. The zero-order valence-electron chi connectivity index (χ0n) is 25.7. The van der Waals surface area contributed by atoms with Crippen molar-refractivity contribution in [3.05, 3.63) is 144 Å². The molecule has 6 rings (SSSR count). The number of hydrogen-bond donors (Lipinski definition) is 1. The van der Waals surface area contributed by atoms with Crippen LogP contribution in [0.15, 0.2) is 121 Å². The number of likely N-dealkylation sites (tertiary alicyclic amines) is 1. The lowest BCUT2D eigenvalue weighted by Gasteiger charge is -2.38. The molecule has 3 unspecified atom stereocenters. The summed E-state index contributed by atoms with van der Waals surface area (Å²) >= 11 is 0. The van der Waals surface area contributed by atoms with Crippen LogP contribution in [0.25, 0.3) is 0 Å². The molecule has 2 aliphatic heterocycles. The van der Waals surface area contributed by atoms with Crippen molar-refractivity contribution in [2.45, 2.75) is 50.5 Å². The average Bonchev–Trinajstić information content (AvgIpc) is 3.81. The van der Waals surface area contributed by atoms with E-state index in [0.717, 1.165) is 22.3 Å². The van der Waals surface area contributed by atoms with E-state index in [0.29, 0.717) is 19.5 Å². The lowest BCUT2D eigenvalue weighted by atomic mass is 9.76. The molecule has 230 valence electrons. The van der Waals surface area contributed by atoms with Gasteiger partial charge in [-0.1, -0.05) is 135 Å². The normalized spacial score (nSPS) is 20.1. The standard InChI is InChI=1S/C38H39N3O4/c1-27(2)34(37(44)45-26-28-15-7-3-8-16-28)40-24-23-32(36(40)43)39-35(42)33-25-41(33)38(29-17-9-4-10-18-29,30-19-11-5-12-20-30)31-21-13-6-14-22-31/h3-22,27,32-34H,23-26H2,1-2H3,(H,39,42)/t32?,33?,34?,41-/m1/s1. The van der Waals surface area contributed by atoms with Gasteiger partial charge in [-0.25, -0.2) is 4.79 Å². The molecule has 4 aromatic carbocycles. The highest BCUT2D eigenvalue weighted by Gasteiger charge is 2.56. The fourth-order valence-corrected chi connectivity index (χ4v) is 6.72. The predicted molar refractivity (Wildman–Crippen MR) is 173 cm³/mol. The van der Waals surface area contributed by atoms with Crippen LogP contribution in [-0.4, -0.2) is 58.8 Å². The van der Waals surface area contributed by atoms with Gasteiger partial charge in [0, 0.05) is 13.1 Å². The molecule has 7 nitrogen and oxygen atoms in total.